The summed E-state index contributed by atoms with van der Waals surface area (Å²) >= 11 is 0. The number of hydrogen-bond acceptors (Lipinski definition) is 2. The Morgan fingerprint density at radius 1 is 1.57 bits per heavy atom. The minimum Gasteiger partial charge on any atom is -0.481 e. The number of carboxylic acid groups (broad SMARTS) is 1. The average molecular weight is 196 g/mol. The summed E-state index contributed by atoms with van der Waals surface area (Å²) in [6, 6.07) is 0. The van der Waals surface area contributed by atoms with Gasteiger partial charge in [0.1, 0.15) is 0 Å². The Hall–Kier alpha value is -1.32. The maximum absolute atomic E-state index is 10.6. The molecule has 0 bridgehead atoms. The fourth-order valence-corrected chi connectivity index (χ4v) is 1.44. The lowest BCUT2D eigenvalue weighted by molar-refractivity contribution is -0.136. The number of nitrogens with one attached hydrogen (secondary N) is 1. The molecule has 78 valence electrons. The fourth-order valence-electron chi connectivity index (χ4n) is 1.44. The summed E-state index contributed by atoms with van der Waals surface area (Å²) in [6.45, 7) is 6.04. The van der Waals surface area contributed by atoms with Crippen LogP contribution in [-0.2, 0) is 17.6 Å². The van der Waals surface area contributed by atoms with Gasteiger partial charge in [0, 0.05) is 11.3 Å². The number of carboxylic acids is 1. The summed E-state index contributed by atoms with van der Waals surface area (Å²) in [4.78, 5) is 10.6. The van der Waals surface area contributed by atoms with Gasteiger partial charge in [-0.25, -0.2) is 0 Å². The second-order valence-corrected chi connectivity index (χ2v) is 3.94. The molecule has 0 fully saturated rings. The van der Waals surface area contributed by atoms with Crippen LogP contribution in [-0.4, -0.2) is 21.3 Å². The molecule has 0 spiro atoms. The van der Waals surface area contributed by atoms with Gasteiger partial charge in [0.15, 0.2) is 0 Å². The van der Waals surface area contributed by atoms with Crippen molar-refractivity contribution in [3.63, 3.8) is 0 Å². The van der Waals surface area contributed by atoms with Crippen LogP contribution in [0.15, 0.2) is 0 Å². The molecule has 2 N–H and O–H groups in total. The van der Waals surface area contributed by atoms with Crippen LogP contribution in [0.4, 0.5) is 0 Å². The van der Waals surface area contributed by atoms with E-state index >= 15 is 0 Å². The number of aryl methyl sites for hydroxylation is 1. The normalized spacial score (nSPS) is 10.9. The van der Waals surface area contributed by atoms with Crippen LogP contribution in [0.25, 0.3) is 0 Å². The van der Waals surface area contributed by atoms with Crippen molar-refractivity contribution >= 4 is 5.97 Å². The first-order chi connectivity index (χ1) is 6.50. The summed E-state index contributed by atoms with van der Waals surface area (Å²) in [5.74, 6) is -0.315. The minimum absolute atomic E-state index is 0.0599. The topological polar surface area (TPSA) is 66.0 Å². The van der Waals surface area contributed by atoms with E-state index in [1.54, 1.807) is 0 Å². The van der Waals surface area contributed by atoms with Crippen LogP contribution in [0.5, 0.6) is 0 Å². The van der Waals surface area contributed by atoms with Crippen LogP contribution in [0.3, 0.4) is 0 Å². The number of carbonyl (C=O) groups is 1. The van der Waals surface area contributed by atoms with Crippen LogP contribution in [0.2, 0.25) is 0 Å². The molecule has 0 aliphatic carbocycles. The van der Waals surface area contributed by atoms with Gasteiger partial charge in [-0.2, -0.15) is 5.10 Å². The Kier molecular flexibility index (Phi) is 3.28. The third-order valence-corrected chi connectivity index (χ3v) is 2.09. The highest BCUT2D eigenvalue weighted by molar-refractivity contribution is 5.70. The molecule has 4 nitrogen and oxygen atoms in total. The lowest BCUT2D eigenvalue weighted by atomic mass is 10.0. The molecule has 0 radical (unpaired) electrons. The smallest absolute Gasteiger partial charge is 0.307 e. The van der Waals surface area contributed by atoms with Crippen molar-refractivity contribution < 1.29 is 9.90 Å². The molecule has 0 aromatic carbocycles. The Morgan fingerprint density at radius 3 is 2.71 bits per heavy atom. The zero-order valence-corrected chi connectivity index (χ0v) is 8.79. The lowest BCUT2D eigenvalue weighted by Crippen LogP contribution is -2.05. The molecule has 0 unspecified atom stereocenters. The van der Waals surface area contributed by atoms with Gasteiger partial charge in [-0.15, -0.1) is 0 Å². The van der Waals surface area contributed by atoms with Gasteiger partial charge in [-0.05, 0) is 19.3 Å². The summed E-state index contributed by atoms with van der Waals surface area (Å²) in [7, 11) is 0. The number of nitrogens with zero attached hydrogens (tertiary/aromatic N) is 1. The second kappa shape index (κ2) is 4.26. The number of H-pyrrole nitrogens is 1. The fraction of sp³-hybridized carbons (Fsp3) is 0.600. The van der Waals surface area contributed by atoms with Gasteiger partial charge in [-0.1, -0.05) is 13.8 Å². The van der Waals surface area contributed by atoms with Gasteiger partial charge < -0.3 is 5.11 Å². The van der Waals surface area contributed by atoms with Gasteiger partial charge in [0.2, 0.25) is 0 Å². The Labute approximate surface area is 83.3 Å². The first-order valence-corrected chi connectivity index (χ1v) is 4.75. The van der Waals surface area contributed by atoms with Crippen LogP contribution in [0, 0.1) is 12.8 Å². The van der Waals surface area contributed by atoms with E-state index in [-0.39, 0.29) is 6.42 Å². The maximum atomic E-state index is 10.6. The minimum atomic E-state index is -0.806. The molecule has 0 atom stereocenters. The largest absolute Gasteiger partial charge is 0.481 e. The highest BCUT2D eigenvalue weighted by atomic mass is 16.4. The van der Waals surface area contributed by atoms with E-state index in [4.69, 9.17) is 5.11 Å². The predicted molar refractivity (Wildman–Crippen MR) is 53.2 cm³/mol. The van der Waals surface area contributed by atoms with Gasteiger partial charge in [0.25, 0.3) is 0 Å². The van der Waals surface area contributed by atoms with E-state index in [0.717, 1.165) is 23.4 Å². The summed E-state index contributed by atoms with van der Waals surface area (Å²) in [5.41, 5.74) is 2.59. The Morgan fingerprint density at radius 2 is 2.21 bits per heavy atom. The number of aliphatic carboxylic acids is 1. The van der Waals surface area contributed by atoms with E-state index in [9.17, 15) is 4.79 Å². The first-order valence-electron chi connectivity index (χ1n) is 4.75. The van der Waals surface area contributed by atoms with Crippen LogP contribution < -0.4 is 0 Å². The van der Waals surface area contributed by atoms with E-state index in [1.165, 1.54) is 0 Å². The molecule has 1 aromatic rings. The summed E-state index contributed by atoms with van der Waals surface area (Å²) in [6.07, 6.45) is 0.886. The number of aromatic nitrogens is 2. The van der Waals surface area contributed by atoms with Crippen molar-refractivity contribution in [3.05, 3.63) is 17.0 Å². The zero-order chi connectivity index (χ0) is 10.7. The van der Waals surface area contributed by atoms with Gasteiger partial charge in [-0.3, -0.25) is 9.89 Å². The highest BCUT2D eigenvalue weighted by Gasteiger charge is 2.14. The van der Waals surface area contributed by atoms with E-state index in [2.05, 4.69) is 24.0 Å². The van der Waals surface area contributed by atoms with Crippen molar-refractivity contribution in [2.45, 2.75) is 33.6 Å². The van der Waals surface area contributed by atoms with Crippen molar-refractivity contribution in [1.82, 2.24) is 10.2 Å². The molecule has 0 saturated heterocycles. The summed E-state index contributed by atoms with van der Waals surface area (Å²) in [5, 5.41) is 15.7. The van der Waals surface area contributed by atoms with Crippen molar-refractivity contribution in [1.29, 1.82) is 0 Å². The highest BCUT2D eigenvalue weighted by Crippen LogP contribution is 2.15. The number of aromatic amines is 1. The predicted octanol–water partition coefficient (Wildman–Crippen LogP) is 1.54. The molecule has 1 rings (SSSR count). The molecular formula is C10H16N2O2. The van der Waals surface area contributed by atoms with E-state index in [1.807, 2.05) is 6.92 Å². The van der Waals surface area contributed by atoms with Crippen LogP contribution >= 0.6 is 0 Å². The standard InChI is InChI=1S/C10H16N2O2/c1-6(2)4-9-8(5-10(13)14)7(3)11-12-9/h6H,4-5H2,1-3H3,(H,11,12)(H,13,14). The maximum Gasteiger partial charge on any atom is 0.307 e. The first kappa shape index (κ1) is 10.8. The van der Waals surface area contributed by atoms with Crippen molar-refractivity contribution in [3.8, 4) is 0 Å². The van der Waals surface area contributed by atoms with Gasteiger partial charge >= 0.3 is 5.97 Å². The third kappa shape index (κ3) is 2.58. The molecule has 0 amide bonds. The average Bonchev–Trinajstić information content (AvgIpc) is 2.34. The quantitative estimate of drug-likeness (QED) is 0.767. The van der Waals surface area contributed by atoms with Crippen molar-refractivity contribution in [2.24, 2.45) is 5.92 Å². The monoisotopic (exact) mass is 196 g/mol. The molecule has 1 heterocycles. The van der Waals surface area contributed by atoms with E-state index < -0.39 is 5.97 Å². The number of hydrogen-bond donors (Lipinski definition) is 2. The van der Waals surface area contributed by atoms with E-state index in [0.29, 0.717) is 5.92 Å². The Bertz CT molecular complexity index is 329. The molecule has 14 heavy (non-hydrogen) atoms. The number of rotatable bonds is 4. The lowest BCUT2D eigenvalue weighted by Gasteiger charge is -2.03. The summed E-state index contributed by atoms with van der Waals surface area (Å²) < 4.78 is 0. The van der Waals surface area contributed by atoms with Crippen molar-refractivity contribution in [2.75, 3.05) is 0 Å². The molecule has 0 saturated carbocycles. The van der Waals surface area contributed by atoms with Crippen LogP contribution in [0.1, 0.15) is 30.8 Å². The molecule has 0 aliphatic heterocycles. The molecule has 0 aliphatic rings. The third-order valence-electron chi connectivity index (χ3n) is 2.09. The SMILES string of the molecule is Cc1[nH]nc(CC(C)C)c1CC(=O)O. The molecule has 4 heteroatoms. The Balaban J connectivity index is 2.88. The van der Waals surface area contributed by atoms with Gasteiger partial charge in [0.05, 0.1) is 12.1 Å². The zero-order valence-electron chi connectivity index (χ0n) is 8.79. The second-order valence-electron chi connectivity index (χ2n) is 3.94. The molecular weight excluding hydrogens is 180 g/mol. The molecule has 1 aromatic heterocycles.